The molecule has 0 saturated heterocycles. The molecule has 1 aromatic rings. The fraction of sp³-hybridized carbons (Fsp3) is 0.357. The number of fused-ring (bicyclic) bond motifs is 1. The largest absolute Gasteiger partial charge is 0.495 e. The smallest absolute Gasteiger partial charge is 0.430 e. The number of carboxylic acids is 1. The lowest BCUT2D eigenvalue weighted by Crippen LogP contribution is -2.40. The number of ether oxygens (including phenoxy) is 2. The zero-order chi connectivity index (χ0) is 16.7. The summed E-state index contributed by atoms with van der Waals surface area (Å²) in [5.74, 6) is -1.71. The van der Waals surface area contributed by atoms with E-state index in [1.807, 2.05) is 6.92 Å². The van der Waals surface area contributed by atoms with Crippen molar-refractivity contribution in [1.82, 2.24) is 0 Å². The predicted octanol–water partition coefficient (Wildman–Crippen LogP) is 3.70. The summed E-state index contributed by atoms with van der Waals surface area (Å²) in [4.78, 5) is 11.1. The van der Waals surface area contributed by atoms with E-state index in [1.165, 1.54) is 13.2 Å². The number of carboxylic acid groups (broad SMARTS) is 1. The maximum Gasteiger partial charge on any atom is 0.430 e. The van der Waals surface area contributed by atoms with Crippen molar-refractivity contribution in [3.8, 4) is 11.5 Å². The second-order valence-corrected chi connectivity index (χ2v) is 4.98. The average Bonchev–Trinajstić information content (AvgIpc) is 2.44. The van der Waals surface area contributed by atoms with E-state index in [0.717, 1.165) is 6.08 Å². The number of rotatable bonds is 3. The van der Waals surface area contributed by atoms with Gasteiger partial charge in [-0.1, -0.05) is 18.5 Å². The van der Waals surface area contributed by atoms with Gasteiger partial charge in [-0.2, -0.15) is 13.2 Å². The third kappa shape index (κ3) is 2.72. The highest BCUT2D eigenvalue weighted by atomic mass is 35.5. The molecule has 1 aromatic carbocycles. The molecule has 4 nitrogen and oxygen atoms in total. The molecule has 120 valence electrons. The molecule has 0 fully saturated rings. The second-order valence-electron chi connectivity index (χ2n) is 4.60. The summed E-state index contributed by atoms with van der Waals surface area (Å²) >= 11 is 6.06. The number of methoxy groups -OCH3 is 1. The number of aryl methyl sites for hydroxylation is 1. The van der Waals surface area contributed by atoms with Gasteiger partial charge in [0.05, 0.1) is 12.7 Å². The van der Waals surface area contributed by atoms with Gasteiger partial charge in [0.25, 0.3) is 0 Å². The Balaban J connectivity index is 2.68. The highest BCUT2D eigenvalue weighted by Crippen LogP contribution is 2.46. The van der Waals surface area contributed by atoms with Crippen molar-refractivity contribution < 1.29 is 32.5 Å². The van der Waals surface area contributed by atoms with Crippen molar-refractivity contribution in [2.45, 2.75) is 25.6 Å². The minimum absolute atomic E-state index is 0.105. The molecular formula is C14H12ClF3O4. The third-order valence-corrected chi connectivity index (χ3v) is 3.58. The van der Waals surface area contributed by atoms with Crippen LogP contribution in [0.25, 0.3) is 6.08 Å². The first-order valence-corrected chi connectivity index (χ1v) is 6.66. The molecule has 0 aliphatic carbocycles. The summed E-state index contributed by atoms with van der Waals surface area (Å²) in [5, 5.41) is 8.88. The highest BCUT2D eigenvalue weighted by Gasteiger charge is 2.49. The van der Waals surface area contributed by atoms with E-state index in [-0.39, 0.29) is 22.1 Å². The molecule has 8 heteroatoms. The van der Waals surface area contributed by atoms with Crippen molar-refractivity contribution in [3.05, 3.63) is 27.8 Å². The van der Waals surface area contributed by atoms with Crippen LogP contribution in [0.2, 0.25) is 5.02 Å². The molecule has 0 amide bonds. The number of carbonyl (C=O) groups is 1. The monoisotopic (exact) mass is 336 g/mol. The predicted molar refractivity (Wildman–Crippen MR) is 73.5 cm³/mol. The first-order valence-electron chi connectivity index (χ1n) is 6.28. The Labute approximate surface area is 129 Å². The van der Waals surface area contributed by atoms with Crippen LogP contribution in [-0.4, -0.2) is 30.5 Å². The Morgan fingerprint density at radius 2 is 2.14 bits per heavy atom. The van der Waals surface area contributed by atoms with Crippen LogP contribution in [0.1, 0.15) is 18.1 Å². The Bertz CT molecular complexity index is 652. The zero-order valence-electron chi connectivity index (χ0n) is 11.6. The van der Waals surface area contributed by atoms with Crippen LogP contribution in [0.5, 0.6) is 11.5 Å². The molecule has 0 saturated carbocycles. The van der Waals surface area contributed by atoms with Gasteiger partial charge < -0.3 is 14.6 Å². The summed E-state index contributed by atoms with van der Waals surface area (Å²) in [7, 11) is 1.34. The van der Waals surface area contributed by atoms with Crippen LogP contribution in [0, 0.1) is 0 Å². The first-order chi connectivity index (χ1) is 10.2. The molecule has 0 spiro atoms. The van der Waals surface area contributed by atoms with E-state index in [0.29, 0.717) is 12.0 Å². The summed E-state index contributed by atoms with van der Waals surface area (Å²) < 4.78 is 49.0. The van der Waals surface area contributed by atoms with Gasteiger partial charge in [0.2, 0.25) is 6.10 Å². The SMILES string of the molecule is CCc1cc2c(c(Cl)c1OC)OC(C(F)(F)F)C(C(=O)O)=C2. The number of halogens is 4. The van der Waals surface area contributed by atoms with E-state index in [1.54, 1.807) is 0 Å². The topological polar surface area (TPSA) is 55.8 Å². The lowest BCUT2D eigenvalue weighted by atomic mass is 9.98. The molecule has 1 atom stereocenters. The summed E-state index contributed by atoms with van der Waals surface area (Å²) in [6.07, 6.45) is -6.01. The normalized spacial score (nSPS) is 17.4. The molecule has 22 heavy (non-hydrogen) atoms. The first kappa shape index (κ1) is 16.5. The van der Waals surface area contributed by atoms with Gasteiger partial charge in [0.1, 0.15) is 16.5 Å². The van der Waals surface area contributed by atoms with Crippen molar-refractivity contribution in [1.29, 1.82) is 0 Å². The number of alkyl halides is 3. The van der Waals surface area contributed by atoms with Gasteiger partial charge in [-0.3, -0.25) is 0 Å². The summed E-state index contributed by atoms with van der Waals surface area (Å²) in [6.45, 7) is 1.81. The van der Waals surface area contributed by atoms with Crippen molar-refractivity contribution in [3.63, 3.8) is 0 Å². The highest BCUT2D eigenvalue weighted by molar-refractivity contribution is 6.34. The molecular weight excluding hydrogens is 325 g/mol. The van der Waals surface area contributed by atoms with Gasteiger partial charge in [-0.25, -0.2) is 4.79 Å². The van der Waals surface area contributed by atoms with Crippen LogP contribution >= 0.6 is 11.6 Å². The number of hydrogen-bond acceptors (Lipinski definition) is 3. The molecule has 1 aliphatic rings. The van der Waals surface area contributed by atoms with E-state index < -0.39 is 23.8 Å². The molecule has 1 aliphatic heterocycles. The zero-order valence-corrected chi connectivity index (χ0v) is 12.4. The second kappa shape index (κ2) is 5.72. The van der Waals surface area contributed by atoms with Gasteiger partial charge in [0, 0.05) is 5.56 Å². The Kier molecular flexibility index (Phi) is 4.28. The van der Waals surface area contributed by atoms with Crippen molar-refractivity contribution >= 4 is 23.6 Å². The fourth-order valence-corrected chi connectivity index (χ4v) is 2.59. The van der Waals surface area contributed by atoms with Crippen molar-refractivity contribution in [2.75, 3.05) is 7.11 Å². The third-order valence-electron chi connectivity index (χ3n) is 3.24. The Hall–Kier alpha value is -1.89. The molecule has 1 N–H and O–H groups in total. The van der Waals surface area contributed by atoms with Crippen LogP contribution in [0.3, 0.4) is 0 Å². The van der Waals surface area contributed by atoms with Crippen LogP contribution in [0.15, 0.2) is 11.6 Å². The van der Waals surface area contributed by atoms with E-state index in [2.05, 4.69) is 0 Å². The van der Waals surface area contributed by atoms with E-state index >= 15 is 0 Å². The van der Waals surface area contributed by atoms with E-state index in [9.17, 15) is 18.0 Å². The maximum absolute atomic E-state index is 13.0. The Morgan fingerprint density at radius 3 is 2.59 bits per heavy atom. The molecule has 2 rings (SSSR count). The minimum Gasteiger partial charge on any atom is -0.495 e. The molecule has 0 aromatic heterocycles. The van der Waals surface area contributed by atoms with Crippen LogP contribution < -0.4 is 9.47 Å². The standard InChI is InChI=1S/C14H12ClF3O4/c1-3-6-4-7-5-8(13(19)20)12(14(16,17)18)22-11(7)9(15)10(6)21-2/h4-5,12H,3H2,1-2H3,(H,19,20). The molecule has 0 bridgehead atoms. The maximum atomic E-state index is 13.0. The minimum atomic E-state index is -4.87. The lowest BCUT2D eigenvalue weighted by molar-refractivity contribution is -0.187. The summed E-state index contributed by atoms with van der Waals surface area (Å²) in [5.41, 5.74) is -0.0647. The molecule has 1 heterocycles. The number of benzene rings is 1. The molecule has 1 unspecified atom stereocenters. The number of aliphatic carboxylic acids is 1. The average molecular weight is 337 g/mol. The Morgan fingerprint density at radius 1 is 1.50 bits per heavy atom. The van der Waals surface area contributed by atoms with Gasteiger partial charge in [0.15, 0.2) is 0 Å². The lowest BCUT2D eigenvalue weighted by Gasteiger charge is -2.28. The number of hydrogen-bond donors (Lipinski definition) is 1. The van der Waals surface area contributed by atoms with E-state index in [4.69, 9.17) is 26.2 Å². The van der Waals surface area contributed by atoms with Gasteiger partial charge in [-0.15, -0.1) is 0 Å². The summed E-state index contributed by atoms with van der Waals surface area (Å²) in [6, 6.07) is 1.51. The quantitative estimate of drug-likeness (QED) is 0.914. The van der Waals surface area contributed by atoms with Crippen LogP contribution in [0.4, 0.5) is 13.2 Å². The van der Waals surface area contributed by atoms with Gasteiger partial charge in [-0.05, 0) is 24.1 Å². The van der Waals surface area contributed by atoms with Gasteiger partial charge >= 0.3 is 12.1 Å². The fourth-order valence-electron chi connectivity index (χ4n) is 2.24. The molecule has 0 radical (unpaired) electrons. The van der Waals surface area contributed by atoms with Crippen LogP contribution in [-0.2, 0) is 11.2 Å². The van der Waals surface area contributed by atoms with Crippen molar-refractivity contribution in [2.24, 2.45) is 0 Å².